The topological polar surface area (TPSA) is 74.3 Å². The average molecular weight is 314 g/mol. The molecule has 0 saturated carbocycles. The molecule has 120 valence electrons. The molecule has 1 aromatic rings. The molecule has 21 heavy (non-hydrogen) atoms. The van der Waals surface area contributed by atoms with Crippen LogP contribution in [0.1, 0.15) is 31.2 Å². The molecule has 0 fully saturated rings. The van der Waals surface area contributed by atoms with E-state index in [9.17, 15) is 8.42 Å². The molecular weight excluding hydrogens is 288 g/mol. The van der Waals surface area contributed by atoms with Gasteiger partial charge in [-0.05, 0) is 45.0 Å². The highest BCUT2D eigenvalue weighted by Crippen LogP contribution is 2.01. The third-order valence-electron chi connectivity index (χ3n) is 3.05. The van der Waals surface area contributed by atoms with Gasteiger partial charge in [-0.25, -0.2) is 0 Å². The summed E-state index contributed by atoms with van der Waals surface area (Å²) in [5.41, 5.74) is 1.60. The standard InChI is InChI=1S/C14H26N4O2S/c1-4-9-15-10-6-11-18(3)21(19,20)16-12-14-8-5-7-13(2)17-14/h5,7-8,15-16H,4,6,9-12H2,1-3H3. The maximum absolute atomic E-state index is 12.1. The number of hydrogen-bond donors (Lipinski definition) is 2. The zero-order valence-electron chi connectivity index (χ0n) is 13.1. The first kappa shape index (κ1) is 18.0. The first-order valence-electron chi connectivity index (χ1n) is 7.30. The summed E-state index contributed by atoms with van der Waals surface area (Å²) in [6.45, 7) is 6.48. The molecule has 1 heterocycles. The van der Waals surface area contributed by atoms with Crippen molar-refractivity contribution in [2.24, 2.45) is 0 Å². The van der Waals surface area contributed by atoms with E-state index in [-0.39, 0.29) is 6.54 Å². The van der Waals surface area contributed by atoms with Gasteiger partial charge >= 0.3 is 0 Å². The third kappa shape index (κ3) is 6.99. The number of rotatable bonds is 10. The van der Waals surface area contributed by atoms with Crippen LogP contribution in [-0.4, -0.2) is 44.4 Å². The molecule has 1 rings (SSSR count). The van der Waals surface area contributed by atoms with Crippen LogP contribution in [0, 0.1) is 6.92 Å². The largest absolute Gasteiger partial charge is 0.317 e. The van der Waals surface area contributed by atoms with Gasteiger partial charge in [0.15, 0.2) is 0 Å². The van der Waals surface area contributed by atoms with Gasteiger partial charge in [0.05, 0.1) is 12.2 Å². The van der Waals surface area contributed by atoms with Crippen LogP contribution in [0.15, 0.2) is 18.2 Å². The predicted octanol–water partition coefficient (Wildman–Crippen LogP) is 1.05. The summed E-state index contributed by atoms with van der Waals surface area (Å²) in [7, 11) is -1.86. The summed E-state index contributed by atoms with van der Waals surface area (Å²) >= 11 is 0. The molecule has 0 amide bonds. The normalized spacial score (nSPS) is 12.0. The van der Waals surface area contributed by atoms with Crippen molar-refractivity contribution in [3.05, 3.63) is 29.6 Å². The van der Waals surface area contributed by atoms with Crippen LogP contribution < -0.4 is 10.0 Å². The van der Waals surface area contributed by atoms with E-state index in [1.54, 1.807) is 7.05 Å². The second kappa shape index (κ2) is 9.09. The molecule has 0 radical (unpaired) electrons. The quantitative estimate of drug-likeness (QED) is 0.633. The lowest BCUT2D eigenvalue weighted by atomic mass is 10.3. The van der Waals surface area contributed by atoms with Gasteiger partial charge in [0.25, 0.3) is 10.2 Å². The minimum absolute atomic E-state index is 0.211. The molecule has 7 heteroatoms. The lowest BCUT2D eigenvalue weighted by Gasteiger charge is -2.17. The first-order chi connectivity index (χ1) is 9.95. The van der Waals surface area contributed by atoms with Crippen molar-refractivity contribution in [1.29, 1.82) is 0 Å². The molecule has 0 unspecified atom stereocenters. The number of hydrogen-bond acceptors (Lipinski definition) is 4. The Morgan fingerprint density at radius 2 is 2.05 bits per heavy atom. The van der Waals surface area contributed by atoms with Gasteiger partial charge in [0, 0.05) is 19.3 Å². The van der Waals surface area contributed by atoms with Crippen LogP contribution in [0.2, 0.25) is 0 Å². The molecule has 0 aliphatic rings. The molecule has 0 bridgehead atoms. The predicted molar refractivity (Wildman–Crippen MR) is 85.1 cm³/mol. The van der Waals surface area contributed by atoms with Crippen LogP contribution >= 0.6 is 0 Å². The number of nitrogens with one attached hydrogen (secondary N) is 2. The first-order valence-corrected chi connectivity index (χ1v) is 8.74. The van der Waals surface area contributed by atoms with Crippen molar-refractivity contribution in [3.63, 3.8) is 0 Å². The Labute approximate surface area is 128 Å². The summed E-state index contributed by atoms with van der Waals surface area (Å²) in [5, 5.41) is 3.25. The number of aromatic nitrogens is 1. The van der Waals surface area contributed by atoms with Crippen LogP contribution in [-0.2, 0) is 16.8 Å². The Morgan fingerprint density at radius 3 is 2.71 bits per heavy atom. The van der Waals surface area contributed by atoms with E-state index in [2.05, 4.69) is 21.9 Å². The van der Waals surface area contributed by atoms with Crippen LogP contribution in [0.5, 0.6) is 0 Å². The molecular formula is C14H26N4O2S. The van der Waals surface area contributed by atoms with Gasteiger partial charge < -0.3 is 5.32 Å². The van der Waals surface area contributed by atoms with Crippen LogP contribution in [0.25, 0.3) is 0 Å². The second-order valence-corrected chi connectivity index (χ2v) is 6.88. The van der Waals surface area contributed by atoms with Crippen molar-refractivity contribution < 1.29 is 8.42 Å². The Hall–Kier alpha value is -1.02. The maximum atomic E-state index is 12.1. The summed E-state index contributed by atoms with van der Waals surface area (Å²) in [6, 6.07) is 5.56. The molecule has 0 atom stereocenters. The molecule has 1 aromatic heterocycles. The van der Waals surface area contributed by atoms with E-state index < -0.39 is 10.2 Å². The molecule has 6 nitrogen and oxygen atoms in total. The van der Waals surface area contributed by atoms with E-state index in [1.165, 1.54) is 4.31 Å². The van der Waals surface area contributed by atoms with Crippen molar-refractivity contribution >= 4 is 10.2 Å². The number of nitrogens with zero attached hydrogens (tertiary/aromatic N) is 2. The van der Waals surface area contributed by atoms with Gasteiger partial charge in [0.2, 0.25) is 0 Å². The number of aryl methyl sites for hydroxylation is 1. The van der Waals surface area contributed by atoms with Gasteiger partial charge in [-0.3, -0.25) is 4.98 Å². The van der Waals surface area contributed by atoms with Crippen molar-refractivity contribution in [3.8, 4) is 0 Å². The minimum atomic E-state index is -3.45. The zero-order valence-corrected chi connectivity index (χ0v) is 13.9. The van der Waals surface area contributed by atoms with Crippen molar-refractivity contribution in [2.45, 2.75) is 33.2 Å². The molecule has 0 saturated heterocycles. The van der Waals surface area contributed by atoms with E-state index in [4.69, 9.17) is 0 Å². The second-order valence-electron chi connectivity index (χ2n) is 5.02. The third-order valence-corrected chi connectivity index (χ3v) is 4.56. The average Bonchev–Trinajstić information content (AvgIpc) is 2.45. The van der Waals surface area contributed by atoms with Crippen LogP contribution in [0.4, 0.5) is 0 Å². The van der Waals surface area contributed by atoms with Gasteiger partial charge in [0.1, 0.15) is 0 Å². The smallest absolute Gasteiger partial charge is 0.279 e. The highest BCUT2D eigenvalue weighted by atomic mass is 32.2. The monoisotopic (exact) mass is 314 g/mol. The number of pyridine rings is 1. The minimum Gasteiger partial charge on any atom is -0.317 e. The molecule has 0 aliphatic heterocycles. The maximum Gasteiger partial charge on any atom is 0.279 e. The molecule has 0 aliphatic carbocycles. The van der Waals surface area contributed by atoms with E-state index in [1.807, 2.05) is 25.1 Å². The lowest BCUT2D eigenvalue weighted by Crippen LogP contribution is -2.39. The fraction of sp³-hybridized carbons (Fsp3) is 0.643. The SMILES string of the molecule is CCCNCCCN(C)S(=O)(=O)NCc1cccc(C)n1. The van der Waals surface area contributed by atoms with E-state index >= 15 is 0 Å². The van der Waals surface area contributed by atoms with Gasteiger partial charge in [-0.1, -0.05) is 13.0 Å². The summed E-state index contributed by atoms with van der Waals surface area (Å²) in [5.74, 6) is 0. The van der Waals surface area contributed by atoms with Crippen molar-refractivity contribution in [2.75, 3.05) is 26.7 Å². The Bertz CT molecular complexity index is 519. The summed E-state index contributed by atoms with van der Waals surface area (Å²) in [6.07, 6.45) is 1.87. The Kier molecular flexibility index (Phi) is 7.81. The zero-order chi connectivity index (χ0) is 15.7. The fourth-order valence-electron chi connectivity index (χ4n) is 1.82. The molecule has 0 spiro atoms. The van der Waals surface area contributed by atoms with Crippen molar-refractivity contribution in [1.82, 2.24) is 19.3 Å². The van der Waals surface area contributed by atoms with E-state index in [0.717, 1.165) is 37.3 Å². The van der Waals surface area contributed by atoms with Gasteiger partial charge in [-0.15, -0.1) is 0 Å². The fourth-order valence-corrected chi connectivity index (χ4v) is 2.74. The highest BCUT2D eigenvalue weighted by Gasteiger charge is 2.16. The van der Waals surface area contributed by atoms with Crippen LogP contribution in [0.3, 0.4) is 0 Å². The Balaban J connectivity index is 2.38. The lowest BCUT2D eigenvalue weighted by molar-refractivity contribution is 0.444. The van der Waals surface area contributed by atoms with E-state index in [0.29, 0.717) is 6.54 Å². The molecule has 0 aromatic carbocycles. The highest BCUT2D eigenvalue weighted by molar-refractivity contribution is 7.87. The summed E-state index contributed by atoms with van der Waals surface area (Å²) < 4.78 is 28.1. The summed E-state index contributed by atoms with van der Waals surface area (Å²) in [4.78, 5) is 4.28. The Morgan fingerprint density at radius 1 is 1.29 bits per heavy atom. The molecule has 2 N–H and O–H groups in total. The van der Waals surface area contributed by atoms with Gasteiger partial charge in [-0.2, -0.15) is 17.4 Å².